The lowest BCUT2D eigenvalue weighted by molar-refractivity contribution is 0.0264. The van der Waals surface area contributed by atoms with Crippen LogP contribution in [-0.2, 0) is 11.3 Å². The highest BCUT2D eigenvalue weighted by molar-refractivity contribution is 5.44. The molecule has 3 heterocycles. The molecule has 0 amide bonds. The summed E-state index contributed by atoms with van der Waals surface area (Å²) < 4.78 is 8.11. The molecule has 0 N–H and O–H groups in total. The number of aromatic nitrogens is 1. The third-order valence-electron chi connectivity index (χ3n) is 3.64. The van der Waals surface area contributed by atoms with E-state index in [2.05, 4.69) is 52.1 Å². The third kappa shape index (κ3) is 1.30. The van der Waals surface area contributed by atoms with Crippen molar-refractivity contribution in [2.75, 3.05) is 13.2 Å². The summed E-state index contributed by atoms with van der Waals surface area (Å²) in [7, 11) is 0. The Kier molecular flexibility index (Phi) is 1.92. The maximum absolute atomic E-state index is 5.86. The van der Waals surface area contributed by atoms with Crippen molar-refractivity contribution in [1.82, 2.24) is 9.47 Å². The summed E-state index contributed by atoms with van der Waals surface area (Å²) in [6.07, 6.45) is 2.25. The van der Waals surface area contributed by atoms with Gasteiger partial charge in [0.1, 0.15) is 0 Å². The number of ether oxygens (including phenoxy) is 1. The zero-order valence-electron chi connectivity index (χ0n) is 9.54. The number of para-hydroxylation sites is 1. The molecular formula is C14H14N2O. The van der Waals surface area contributed by atoms with Gasteiger partial charge in [-0.05, 0) is 23.8 Å². The molecule has 0 aliphatic carbocycles. The van der Waals surface area contributed by atoms with Crippen LogP contribution in [-0.4, -0.2) is 22.6 Å². The number of benzene rings is 1. The summed E-state index contributed by atoms with van der Waals surface area (Å²) in [4.78, 5) is 2.40. The average molecular weight is 226 g/mol. The van der Waals surface area contributed by atoms with Gasteiger partial charge in [-0.3, -0.25) is 4.90 Å². The molecule has 17 heavy (non-hydrogen) atoms. The molecule has 86 valence electrons. The minimum absolute atomic E-state index is 0.123. The van der Waals surface area contributed by atoms with Gasteiger partial charge in [-0.25, -0.2) is 0 Å². The van der Waals surface area contributed by atoms with Crippen LogP contribution in [0, 0.1) is 0 Å². The minimum Gasteiger partial charge on any atom is -0.356 e. The molecule has 1 fully saturated rings. The van der Waals surface area contributed by atoms with E-state index in [1.54, 1.807) is 0 Å². The van der Waals surface area contributed by atoms with Crippen LogP contribution in [0.4, 0.5) is 0 Å². The maximum Gasteiger partial charge on any atom is 0.152 e. The Balaban J connectivity index is 1.97. The van der Waals surface area contributed by atoms with Gasteiger partial charge in [-0.2, -0.15) is 0 Å². The highest BCUT2D eigenvalue weighted by Gasteiger charge is 2.32. The Morgan fingerprint density at radius 1 is 1.12 bits per heavy atom. The first-order valence-electron chi connectivity index (χ1n) is 6.05. The number of nitrogens with zero attached hydrogens (tertiary/aromatic N) is 2. The summed E-state index contributed by atoms with van der Waals surface area (Å²) in [5.41, 5.74) is 3.90. The van der Waals surface area contributed by atoms with Crippen molar-refractivity contribution in [3.63, 3.8) is 0 Å². The van der Waals surface area contributed by atoms with E-state index in [1.165, 1.54) is 16.9 Å². The number of fused-ring (bicyclic) bond motifs is 5. The van der Waals surface area contributed by atoms with Crippen LogP contribution in [0.25, 0.3) is 5.69 Å². The predicted molar refractivity (Wildman–Crippen MR) is 64.9 cm³/mol. The predicted octanol–water partition coefficient (Wildman–Crippen LogP) is 2.32. The fourth-order valence-electron chi connectivity index (χ4n) is 2.85. The molecule has 0 radical (unpaired) electrons. The van der Waals surface area contributed by atoms with Gasteiger partial charge in [0.05, 0.1) is 12.3 Å². The average Bonchev–Trinajstić information content (AvgIpc) is 2.96. The molecule has 0 saturated carbocycles. The zero-order chi connectivity index (χ0) is 11.2. The second-order valence-corrected chi connectivity index (χ2v) is 4.63. The fraction of sp³-hybridized carbons (Fsp3) is 0.286. The first-order valence-corrected chi connectivity index (χ1v) is 6.05. The van der Waals surface area contributed by atoms with Gasteiger partial charge in [0.2, 0.25) is 0 Å². The number of hydrogen-bond donors (Lipinski definition) is 0. The fourth-order valence-corrected chi connectivity index (χ4v) is 2.85. The largest absolute Gasteiger partial charge is 0.356 e. The number of rotatable bonds is 0. The summed E-state index contributed by atoms with van der Waals surface area (Å²) >= 11 is 0. The molecule has 0 bridgehead atoms. The van der Waals surface area contributed by atoms with Crippen LogP contribution in [0.15, 0.2) is 42.6 Å². The summed E-state index contributed by atoms with van der Waals surface area (Å²) in [5, 5.41) is 0. The van der Waals surface area contributed by atoms with Gasteiger partial charge in [-0.15, -0.1) is 0 Å². The van der Waals surface area contributed by atoms with Crippen molar-refractivity contribution >= 4 is 0 Å². The molecule has 0 unspecified atom stereocenters. The molecule has 1 saturated heterocycles. The summed E-state index contributed by atoms with van der Waals surface area (Å²) in [5.74, 6) is 0. The molecule has 2 aliphatic rings. The third-order valence-corrected chi connectivity index (χ3v) is 3.64. The van der Waals surface area contributed by atoms with Crippen molar-refractivity contribution in [2.45, 2.75) is 12.8 Å². The van der Waals surface area contributed by atoms with E-state index >= 15 is 0 Å². The van der Waals surface area contributed by atoms with Crippen LogP contribution in [0.3, 0.4) is 0 Å². The van der Waals surface area contributed by atoms with Gasteiger partial charge in [0.25, 0.3) is 0 Å². The maximum atomic E-state index is 5.86. The van der Waals surface area contributed by atoms with Gasteiger partial charge in [0, 0.05) is 25.0 Å². The molecule has 2 aliphatic heterocycles. The van der Waals surface area contributed by atoms with Gasteiger partial charge in [0.15, 0.2) is 6.23 Å². The standard InChI is InChI=1S/C14H14N2O/c1-2-5-12-11(4-1)10-15-8-9-17-14(15)13-6-3-7-16(12)13/h1-7,14H,8-10H2/t14-/m0/s1. The second kappa shape index (κ2) is 3.45. The number of hydrogen-bond acceptors (Lipinski definition) is 2. The normalized spacial score (nSPS) is 22.7. The lowest BCUT2D eigenvalue weighted by Crippen LogP contribution is -2.22. The van der Waals surface area contributed by atoms with Crippen LogP contribution >= 0.6 is 0 Å². The van der Waals surface area contributed by atoms with Crippen molar-refractivity contribution < 1.29 is 4.74 Å². The summed E-state index contributed by atoms with van der Waals surface area (Å²) in [6.45, 7) is 2.82. The summed E-state index contributed by atoms with van der Waals surface area (Å²) in [6, 6.07) is 12.8. The Morgan fingerprint density at radius 3 is 3.06 bits per heavy atom. The van der Waals surface area contributed by atoms with Crippen molar-refractivity contribution in [2.24, 2.45) is 0 Å². The van der Waals surface area contributed by atoms with E-state index in [0.29, 0.717) is 0 Å². The van der Waals surface area contributed by atoms with Gasteiger partial charge < -0.3 is 9.30 Å². The van der Waals surface area contributed by atoms with Crippen LogP contribution in [0.5, 0.6) is 0 Å². The molecule has 1 atom stereocenters. The topological polar surface area (TPSA) is 17.4 Å². The molecule has 2 aromatic rings. The molecule has 0 spiro atoms. The lowest BCUT2D eigenvalue weighted by Gasteiger charge is -2.19. The Morgan fingerprint density at radius 2 is 2.06 bits per heavy atom. The Bertz CT molecular complexity index is 561. The van der Waals surface area contributed by atoms with E-state index in [9.17, 15) is 0 Å². The highest BCUT2D eigenvalue weighted by atomic mass is 16.5. The van der Waals surface area contributed by atoms with Gasteiger partial charge >= 0.3 is 0 Å². The second-order valence-electron chi connectivity index (χ2n) is 4.63. The smallest absolute Gasteiger partial charge is 0.152 e. The Hall–Kier alpha value is -1.58. The van der Waals surface area contributed by atoms with E-state index in [4.69, 9.17) is 4.74 Å². The van der Waals surface area contributed by atoms with Crippen LogP contribution in [0.1, 0.15) is 17.5 Å². The first-order chi connectivity index (χ1) is 8.43. The highest BCUT2D eigenvalue weighted by Crippen LogP contribution is 2.34. The first kappa shape index (κ1) is 9.45. The zero-order valence-corrected chi connectivity index (χ0v) is 9.54. The van der Waals surface area contributed by atoms with E-state index in [1.807, 2.05) is 0 Å². The van der Waals surface area contributed by atoms with Crippen LogP contribution < -0.4 is 0 Å². The van der Waals surface area contributed by atoms with Crippen molar-refractivity contribution in [1.29, 1.82) is 0 Å². The molecule has 1 aromatic heterocycles. The molecular weight excluding hydrogens is 212 g/mol. The molecule has 3 nitrogen and oxygen atoms in total. The van der Waals surface area contributed by atoms with E-state index in [0.717, 1.165) is 19.7 Å². The van der Waals surface area contributed by atoms with Gasteiger partial charge in [-0.1, -0.05) is 18.2 Å². The molecule has 4 rings (SSSR count). The van der Waals surface area contributed by atoms with E-state index < -0.39 is 0 Å². The lowest BCUT2D eigenvalue weighted by atomic mass is 10.1. The Labute approximate surface area is 100 Å². The van der Waals surface area contributed by atoms with Crippen LogP contribution in [0.2, 0.25) is 0 Å². The SMILES string of the molecule is c1ccc2c(c1)CN1CCO[C@H]1c1cccn1-2. The van der Waals surface area contributed by atoms with E-state index in [-0.39, 0.29) is 6.23 Å². The molecule has 3 heteroatoms. The van der Waals surface area contributed by atoms with Crippen molar-refractivity contribution in [3.8, 4) is 5.69 Å². The monoisotopic (exact) mass is 226 g/mol. The molecule has 1 aromatic carbocycles. The minimum atomic E-state index is 0.123. The van der Waals surface area contributed by atoms with Crippen molar-refractivity contribution in [3.05, 3.63) is 53.9 Å². The quantitative estimate of drug-likeness (QED) is 0.686.